The molecule has 0 radical (unpaired) electrons. The van der Waals surface area contributed by atoms with Crippen molar-refractivity contribution < 1.29 is 0 Å². The third-order valence-electron chi connectivity index (χ3n) is 2.19. The van der Waals surface area contributed by atoms with E-state index in [1.807, 2.05) is 25.2 Å². The average Bonchev–Trinajstić information content (AvgIpc) is 2.20. The van der Waals surface area contributed by atoms with E-state index in [2.05, 4.69) is 18.7 Å². The highest BCUT2D eigenvalue weighted by Crippen LogP contribution is 2.05. The lowest BCUT2D eigenvalue weighted by atomic mass is 10.1. The fourth-order valence-electron chi connectivity index (χ4n) is 1.32. The van der Waals surface area contributed by atoms with Gasteiger partial charge in [0.1, 0.15) is 0 Å². The summed E-state index contributed by atoms with van der Waals surface area (Å²) in [6.45, 7) is 5.69. The van der Waals surface area contributed by atoms with Gasteiger partial charge >= 0.3 is 0 Å². The summed E-state index contributed by atoms with van der Waals surface area (Å²) in [5.41, 5.74) is 5.57. The van der Waals surface area contributed by atoms with E-state index in [1.165, 1.54) is 32.1 Å². The van der Waals surface area contributed by atoms with Crippen LogP contribution in [0.15, 0.2) is 37.0 Å². The lowest BCUT2D eigenvalue weighted by molar-refractivity contribution is 0.652. The Labute approximate surface area is 94.8 Å². The zero-order valence-electron chi connectivity index (χ0n) is 9.99. The Morgan fingerprint density at radius 2 is 1.73 bits per heavy atom. The Hall–Kier alpha value is -0.820. The van der Waals surface area contributed by atoms with Crippen LogP contribution in [0.3, 0.4) is 0 Å². The summed E-state index contributed by atoms with van der Waals surface area (Å²) in [7, 11) is 0. The lowest BCUT2D eigenvalue weighted by Gasteiger charge is -1.96. The molecule has 0 amide bonds. The molecule has 0 aliphatic carbocycles. The molecule has 1 heteroatoms. The van der Waals surface area contributed by atoms with Gasteiger partial charge in [-0.2, -0.15) is 0 Å². The summed E-state index contributed by atoms with van der Waals surface area (Å²) in [6, 6.07) is 0.161. The Morgan fingerprint density at radius 1 is 1.07 bits per heavy atom. The van der Waals surface area contributed by atoms with Gasteiger partial charge in [-0.25, -0.2) is 0 Å². The van der Waals surface area contributed by atoms with Crippen LogP contribution >= 0.6 is 0 Å². The predicted octanol–water partition coefficient (Wildman–Crippen LogP) is 3.97. The molecule has 0 aliphatic heterocycles. The van der Waals surface area contributed by atoms with Gasteiger partial charge < -0.3 is 5.73 Å². The van der Waals surface area contributed by atoms with E-state index in [-0.39, 0.29) is 6.04 Å². The molecule has 0 spiro atoms. The van der Waals surface area contributed by atoms with Crippen molar-refractivity contribution in [3.63, 3.8) is 0 Å². The first-order valence-electron chi connectivity index (χ1n) is 5.97. The molecule has 0 bridgehead atoms. The zero-order valence-corrected chi connectivity index (χ0v) is 9.99. The van der Waals surface area contributed by atoms with Crippen molar-refractivity contribution in [3.05, 3.63) is 37.0 Å². The predicted molar refractivity (Wildman–Crippen MR) is 69.8 cm³/mol. The van der Waals surface area contributed by atoms with E-state index in [4.69, 9.17) is 5.73 Å². The number of unbranched alkanes of at least 4 members (excludes halogenated alkanes) is 5. The molecule has 86 valence electrons. The van der Waals surface area contributed by atoms with Crippen LogP contribution in [0, 0.1) is 0 Å². The van der Waals surface area contributed by atoms with E-state index in [1.54, 1.807) is 0 Å². The lowest BCUT2D eigenvalue weighted by Crippen LogP contribution is -2.09. The first kappa shape index (κ1) is 14.2. The summed E-state index contributed by atoms with van der Waals surface area (Å²) in [5, 5.41) is 0. The molecule has 15 heavy (non-hydrogen) atoms. The van der Waals surface area contributed by atoms with E-state index < -0.39 is 0 Å². The topological polar surface area (TPSA) is 26.0 Å². The minimum Gasteiger partial charge on any atom is -0.325 e. The molecule has 0 aliphatic rings. The van der Waals surface area contributed by atoms with Crippen LogP contribution < -0.4 is 5.73 Å². The van der Waals surface area contributed by atoms with E-state index in [0.717, 1.165) is 6.42 Å². The number of hydrogen-bond donors (Lipinski definition) is 1. The summed E-state index contributed by atoms with van der Waals surface area (Å²) >= 11 is 0. The van der Waals surface area contributed by atoms with Crippen LogP contribution in [0.25, 0.3) is 0 Å². The molecule has 2 N–H and O–H groups in total. The monoisotopic (exact) mass is 207 g/mol. The Balaban J connectivity index is 3.19. The van der Waals surface area contributed by atoms with Gasteiger partial charge in [-0.05, 0) is 32.6 Å². The van der Waals surface area contributed by atoms with E-state index >= 15 is 0 Å². The molecular formula is C14H25N. The third kappa shape index (κ3) is 13.2. The molecule has 0 rings (SSSR count). The maximum Gasteiger partial charge on any atom is 0.0197 e. The Kier molecular flexibility index (Phi) is 10.6. The molecule has 0 fully saturated rings. The second-order valence-corrected chi connectivity index (χ2v) is 3.95. The molecular weight excluding hydrogens is 182 g/mol. The summed E-state index contributed by atoms with van der Waals surface area (Å²) < 4.78 is 0. The van der Waals surface area contributed by atoms with Crippen LogP contribution in [0.5, 0.6) is 0 Å². The smallest absolute Gasteiger partial charge is 0.0197 e. The van der Waals surface area contributed by atoms with Crippen LogP contribution in [-0.2, 0) is 0 Å². The van der Waals surface area contributed by atoms with Crippen molar-refractivity contribution in [2.75, 3.05) is 0 Å². The van der Waals surface area contributed by atoms with E-state index in [0.29, 0.717) is 0 Å². The molecule has 0 aromatic rings. The van der Waals surface area contributed by atoms with Crippen LogP contribution in [0.2, 0.25) is 0 Å². The second kappa shape index (κ2) is 11.3. The normalized spacial score (nSPS) is 13.7. The quantitative estimate of drug-likeness (QED) is 0.345. The van der Waals surface area contributed by atoms with E-state index in [9.17, 15) is 0 Å². The molecule has 0 saturated heterocycles. The fraction of sp³-hybridized carbons (Fsp3) is 0.571. The standard InChI is InChI=1S/C14H25N/c1-3-4-5-6-7-8-9-10-11-12-13-14(2)15/h3,10-14H,1,4-9,15H2,2H3. The van der Waals surface area contributed by atoms with Crippen molar-refractivity contribution in [3.8, 4) is 0 Å². The van der Waals surface area contributed by atoms with Gasteiger partial charge in [0.2, 0.25) is 0 Å². The highest BCUT2D eigenvalue weighted by molar-refractivity contribution is 5.04. The molecule has 1 nitrogen and oxygen atoms in total. The first-order chi connectivity index (χ1) is 7.27. The number of nitrogens with two attached hydrogens (primary N) is 1. The highest BCUT2D eigenvalue weighted by atomic mass is 14.6. The van der Waals surface area contributed by atoms with Gasteiger partial charge in [0.25, 0.3) is 0 Å². The molecule has 0 saturated carbocycles. The Bertz CT molecular complexity index is 190. The first-order valence-corrected chi connectivity index (χ1v) is 5.97. The van der Waals surface area contributed by atoms with Gasteiger partial charge in [-0.15, -0.1) is 6.58 Å². The average molecular weight is 207 g/mol. The SMILES string of the molecule is C=CCCCCCCC=CC=CC(C)N. The summed E-state index contributed by atoms with van der Waals surface area (Å²) in [6.07, 6.45) is 17.9. The van der Waals surface area contributed by atoms with Gasteiger partial charge in [0.05, 0.1) is 0 Å². The van der Waals surface area contributed by atoms with Crippen LogP contribution in [-0.4, -0.2) is 6.04 Å². The number of rotatable bonds is 9. The van der Waals surface area contributed by atoms with Gasteiger partial charge in [-0.3, -0.25) is 0 Å². The minimum atomic E-state index is 0.161. The molecule has 0 aromatic heterocycles. The van der Waals surface area contributed by atoms with Crippen LogP contribution in [0.4, 0.5) is 0 Å². The zero-order chi connectivity index (χ0) is 11.4. The van der Waals surface area contributed by atoms with Crippen molar-refractivity contribution in [2.24, 2.45) is 5.73 Å². The van der Waals surface area contributed by atoms with Gasteiger partial charge in [-0.1, -0.05) is 43.2 Å². The minimum absolute atomic E-state index is 0.161. The highest BCUT2D eigenvalue weighted by Gasteiger charge is 1.86. The number of allylic oxidation sites excluding steroid dienone is 4. The van der Waals surface area contributed by atoms with Crippen molar-refractivity contribution in [2.45, 2.75) is 51.5 Å². The van der Waals surface area contributed by atoms with Crippen molar-refractivity contribution >= 4 is 0 Å². The molecule has 1 atom stereocenters. The van der Waals surface area contributed by atoms with Crippen molar-refractivity contribution in [1.82, 2.24) is 0 Å². The molecule has 1 unspecified atom stereocenters. The van der Waals surface area contributed by atoms with Gasteiger partial charge in [0.15, 0.2) is 0 Å². The fourth-order valence-corrected chi connectivity index (χ4v) is 1.32. The maximum absolute atomic E-state index is 5.57. The second-order valence-electron chi connectivity index (χ2n) is 3.95. The third-order valence-corrected chi connectivity index (χ3v) is 2.19. The molecule has 0 heterocycles. The Morgan fingerprint density at radius 3 is 2.33 bits per heavy atom. The van der Waals surface area contributed by atoms with Crippen molar-refractivity contribution in [1.29, 1.82) is 0 Å². The summed E-state index contributed by atoms with van der Waals surface area (Å²) in [4.78, 5) is 0. The maximum atomic E-state index is 5.57. The largest absolute Gasteiger partial charge is 0.325 e. The van der Waals surface area contributed by atoms with Gasteiger partial charge in [0, 0.05) is 6.04 Å². The number of hydrogen-bond acceptors (Lipinski definition) is 1. The van der Waals surface area contributed by atoms with Crippen LogP contribution in [0.1, 0.15) is 45.4 Å². The summed E-state index contributed by atoms with van der Waals surface area (Å²) in [5.74, 6) is 0. The molecule has 0 aromatic carbocycles.